The van der Waals surface area contributed by atoms with E-state index >= 15 is 0 Å². The van der Waals surface area contributed by atoms with Gasteiger partial charge in [0.2, 0.25) is 0 Å². The van der Waals surface area contributed by atoms with Crippen LogP contribution in [0.15, 0.2) is 48.5 Å². The van der Waals surface area contributed by atoms with Crippen molar-refractivity contribution in [2.24, 2.45) is 5.41 Å². The molecule has 0 spiro atoms. The predicted octanol–water partition coefficient (Wildman–Crippen LogP) is 3.49. The van der Waals surface area contributed by atoms with Gasteiger partial charge >= 0.3 is 5.97 Å². The second-order valence-corrected chi connectivity index (χ2v) is 7.38. The van der Waals surface area contributed by atoms with Crippen LogP contribution in [0.4, 0.5) is 5.82 Å². The van der Waals surface area contributed by atoms with Crippen LogP contribution >= 0.6 is 0 Å². The van der Waals surface area contributed by atoms with Crippen LogP contribution in [0.25, 0.3) is 0 Å². The number of anilines is 1. The lowest BCUT2D eigenvalue weighted by molar-refractivity contribution is 0.0690. The molecule has 1 saturated heterocycles. The maximum Gasteiger partial charge on any atom is 0.354 e. The smallest absolute Gasteiger partial charge is 0.354 e. The topological polar surface area (TPSA) is 65.5 Å². The first kappa shape index (κ1) is 17.4. The lowest BCUT2D eigenvalue weighted by Gasteiger charge is -2.44. The highest BCUT2D eigenvalue weighted by Crippen LogP contribution is 2.32. The third-order valence-corrected chi connectivity index (χ3v) is 4.85. The summed E-state index contributed by atoms with van der Waals surface area (Å²) in [5.41, 5.74) is 1.47. The molecule has 0 aliphatic carbocycles. The lowest BCUT2D eigenvalue weighted by Crippen LogP contribution is -2.51. The van der Waals surface area contributed by atoms with E-state index < -0.39 is 5.97 Å². The molecule has 2 heterocycles. The van der Waals surface area contributed by atoms with Gasteiger partial charge in [-0.3, -0.25) is 4.90 Å². The van der Waals surface area contributed by atoms with Gasteiger partial charge in [-0.2, -0.15) is 0 Å². The van der Waals surface area contributed by atoms with E-state index in [0.29, 0.717) is 5.82 Å². The normalized spacial score (nSPS) is 20.2. The molecule has 1 fully saturated rings. The van der Waals surface area contributed by atoms with Crippen LogP contribution < -0.4 is 5.32 Å². The molecule has 0 amide bonds. The van der Waals surface area contributed by atoms with Crippen LogP contribution in [0.5, 0.6) is 0 Å². The number of pyridine rings is 1. The zero-order valence-electron chi connectivity index (χ0n) is 14.8. The summed E-state index contributed by atoms with van der Waals surface area (Å²) >= 11 is 0. The van der Waals surface area contributed by atoms with E-state index in [1.54, 1.807) is 6.07 Å². The fourth-order valence-corrected chi connectivity index (χ4v) is 3.52. The van der Waals surface area contributed by atoms with Gasteiger partial charge in [0.15, 0.2) is 5.69 Å². The minimum absolute atomic E-state index is 0.0634. The molecule has 5 heteroatoms. The Balaban J connectivity index is 1.65. The van der Waals surface area contributed by atoms with Crippen molar-refractivity contribution in [3.63, 3.8) is 0 Å². The second-order valence-electron chi connectivity index (χ2n) is 7.38. The number of nitrogens with zero attached hydrogens (tertiary/aromatic N) is 2. The molecule has 1 aliphatic rings. The van der Waals surface area contributed by atoms with Gasteiger partial charge in [-0.25, -0.2) is 9.78 Å². The number of hydrogen-bond acceptors (Lipinski definition) is 4. The average Bonchev–Trinajstić information content (AvgIpc) is 2.58. The molecule has 1 aromatic carbocycles. The number of piperidine rings is 1. The molecule has 1 aliphatic heterocycles. The summed E-state index contributed by atoms with van der Waals surface area (Å²) in [4.78, 5) is 17.8. The maximum absolute atomic E-state index is 11.1. The summed E-state index contributed by atoms with van der Waals surface area (Å²) in [6.45, 7) is 7.46. The molecule has 132 valence electrons. The fraction of sp³-hybridized carbons (Fsp3) is 0.400. The van der Waals surface area contributed by atoms with Gasteiger partial charge in [0.1, 0.15) is 5.82 Å². The number of carboxylic acid groups (broad SMARTS) is 1. The van der Waals surface area contributed by atoms with E-state index in [4.69, 9.17) is 5.11 Å². The Hall–Kier alpha value is -2.40. The summed E-state index contributed by atoms with van der Waals surface area (Å²) in [6, 6.07) is 15.9. The van der Waals surface area contributed by atoms with Gasteiger partial charge in [-0.15, -0.1) is 0 Å². The van der Waals surface area contributed by atoms with Crippen LogP contribution in [-0.2, 0) is 6.54 Å². The molecule has 0 radical (unpaired) electrons. The zero-order valence-corrected chi connectivity index (χ0v) is 14.8. The Morgan fingerprint density at radius 1 is 1.24 bits per heavy atom. The van der Waals surface area contributed by atoms with E-state index in [-0.39, 0.29) is 17.2 Å². The Bertz CT molecular complexity index is 731. The third kappa shape index (κ3) is 4.37. The van der Waals surface area contributed by atoms with Crippen molar-refractivity contribution in [1.29, 1.82) is 0 Å². The van der Waals surface area contributed by atoms with Crippen LogP contribution in [-0.4, -0.2) is 40.1 Å². The minimum Gasteiger partial charge on any atom is -0.477 e. The largest absolute Gasteiger partial charge is 0.477 e. The summed E-state index contributed by atoms with van der Waals surface area (Å²) in [7, 11) is 0. The third-order valence-electron chi connectivity index (χ3n) is 4.85. The number of hydrogen-bond donors (Lipinski definition) is 2. The van der Waals surface area contributed by atoms with Crippen molar-refractivity contribution in [2.75, 3.05) is 18.4 Å². The number of benzene rings is 1. The fourth-order valence-electron chi connectivity index (χ4n) is 3.52. The lowest BCUT2D eigenvalue weighted by atomic mass is 9.79. The Labute approximate surface area is 148 Å². The first-order chi connectivity index (χ1) is 11.9. The van der Waals surface area contributed by atoms with Gasteiger partial charge in [0, 0.05) is 25.7 Å². The Morgan fingerprint density at radius 2 is 2.00 bits per heavy atom. The zero-order chi connectivity index (χ0) is 17.9. The summed E-state index contributed by atoms with van der Waals surface area (Å²) in [6.07, 6.45) is 0.999. The Kier molecular flexibility index (Phi) is 5.04. The van der Waals surface area contributed by atoms with Crippen molar-refractivity contribution in [3.05, 3.63) is 59.8 Å². The standard InChI is InChI=1S/C20H25N3O2/c1-20(2)14-23(13-15-7-4-3-5-8-15)12-11-17(20)22-18-10-6-9-16(21-18)19(24)25/h3-10,17H,11-14H2,1-2H3,(H,21,22)(H,24,25). The van der Waals surface area contributed by atoms with Crippen LogP contribution in [0.2, 0.25) is 0 Å². The summed E-state index contributed by atoms with van der Waals surface area (Å²) < 4.78 is 0. The second kappa shape index (κ2) is 7.23. The molecule has 2 N–H and O–H groups in total. The number of aromatic nitrogens is 1. The predicted molar refractivity (Wildman–Crippen MR) is 98.7 cm³/mol. The van der Waals surface area contributed by atoms with Gasteiger partial charge in [-0.1, -0.05) is 50.2 Å². The maximum atomic E-state index is 11.1. The molecule has 0 saturated carbocycles. The molecule has 1 atom stereocenters. The first-order valence-corrected chi connectivity index (χ1v) is 8.67. The molecule has 0 bridgehead atoms. The van der Waals surface area contributed by atoms with Crippen LogP contribution in [0.3, 0.4) is 0 Å². The highest BCUT2D eigenvalue weighted by Gasteiger charge is 2.36. The van der Waals surface area contributed by atoms with Crippen molar-refractivity contribution < 1.29 is 9.90 Å². The molecule has 3 rings (SSSR count). The van der Waals surface area contributed by atoms with Crippen molar-refractivity contribution in [1.82, 2.24) is 9.88 Å². The highest BCUT2D eigenvalue weighted by molar-refractivity contribution is 5.85. The number of aromatic carboxylic acids is 1. The van der Waals surface area contributed by atoms with Crippen LogP contribution in [0.1, 0.15) is 36.3 Å². The molecule has 1 aromatic heterocycles. The van der Waals surface area contributed by atoms with E-state index in [1.807, 2.05) is 12.1 Å². The van der Waals surface area contributed by atoms with Gasteiger partial charge in [0.25, 0.3) is 0 Å². The van der Waals surface area contributed by atoms with E-state index in [1.165, 1.54) is 11.6 Å². The van der Waals surface area contributed by atoms with E-state index in [2.05, 4.69) is 53.3 Å². The van der Waals surface area contributed by atoms with Crippen LogP contribution in [0, 0.1) is 5.41 Å². The number of carboxylic acids is 1. The molecular formula is C20H25N3O2. The highest BCUT2D eigenvalue weighted by atomic mass is 16.4. The monoisotopic (exact) mass is 339 g/mol. The van der Waals surface area contributed by atoms with Gasteiger partial charge in [-0.05, 0) is 29.5 Å². The quantitative estimate of drug-likeness (QED) is 0.873. The van der Waals surface area contributed by atoms with Crippen molar-refractivity contribution >= 4 is 11.8 Å². The number of likely N-dealkylation sites (tertiary alicyclic amines) is 1. The summed E-state index contributed by atoms with van der Waals surface area (Å²) in [5.74, 6) is -0.366. The van der Waals surface area contributed by atoms with Gasteiger partial charge < -0.3 is 10.4 Å². The van der Waals surface area contributed by atoms with Crippen molar-refractivity contribution in [2.45, 2.75) is 32.9 Å². The molecule has 25 heavy (non-hydrogen) atoms. The number of carbonyl (C=O) groups is 1. The molecular weight excluding hydrogens is 314 g/mol. The molecule has 2 aromatic rings. The first-order valence-electron chi connectivity index (χ1n) is 8.67. The average molecular weight is 339 g/mol. The van der Waals surface area contributed by atoms with E-state index in [0.717, 1.165) is 26.1 Å². The SMILES string of the molecule is CC1(C)CN(Cc2ccccc2)CCC1Nc1cccc(C(=O)O)n1. The number of rotatable bonds is 5. The molecule has 5 nitrogen and oxygen atoms in total. The Morgan fingerprint density at radius 3 is 2.68 bits per heavy atom. The molecule has 1 unspecified atom stereocenters. The van der Waals surface area contributed by atoms with Gasteiger partial charge in [0.05, 0.1) is 0 Å². The van der Waals surface area contributed by atoms with E-state index in [9.17, 15) is 4.79 Å². The minimum atomic E-state index is -0.999. The number of nitrogens with one attached hydrogen (secondary N) is 1. The summed E-state index contributed by atoms with van der Waals surface area (Å²) in [5, 5.41) is 12.5. The van der Waals surface area contributed by atoms with Crippen molar-refractivity contribution in [3.8, 4) is 0 Å².